The van der Waals surface area contributed by atoms with Gasteiger partial charge in [0.2, 0.25) is 5.89 Å². The smallest absolute Gasteiger partial charge is 0.277 e. The van der Waals surface area contributed by atoms with Gasteiger partial charge in [0, 0.05) is 17.9 Å². The SMILES string of the molecule is Cc1nnc(SC(CN)c2ccc(Br)cc2)o1. The molecule has 17 heavy (non-hydrogen) atoms. The zero-order valence-corrected chi connectivity index (χ0v) is 11.7. The maximum Gasteiger partial charge on any atom is 0.277 e. The fourth-order valence-electron chi connectivity index (χ4n) is 1.38. The van der Waals surface area contributed by atoms with Crippen LogP contribution in [0.4, 0.5) is 0 Å². The number of aryl methyl sites for hydroxylation is 1. The van der Waals surface area contributed by atoms with Crippen molar-refractivity contribution in [3.8, 4) is 0 Å². The summed E-state index contributed by atoms with van der Waals surface area (Å²) in [6, 6.07) is 8.07. The number of benzene rings is 1. The number of nitrogens with two attached hydrogens (primary N) is 1. The predicted octanol–water partition coefficient (Wildman–Crippen LogP) is 2.93. The van der Waals surface area contributed by atoms with Crippen LogP contribution in [0, 0.1) is 6.92 Å². The van der Waals surface area contributed by atoms with E-state index in [1.807, 2.05) is 24.3 Å². The molecule has 6 heteroatoms. The Labute approximate surface area is 112 Å². The number of aromatic nitrogens is 2. The Kier molecular flexibility index (Phi) is 4.20. The fourth-order valence-corrected chi connectivity index (χ4v) is 2.53. The van der Waals surface area contributed by atoms with Crippen LogP contribution in [0.15, 0.2) is 38.4 Å². The average molecular weight is 314 g/mol. The second-order valence-electron chi connectivity index (χ2n) is 3.48. The minimum Gasteiger partial charge on any atom is -0.416 e. The minimum absolute atomic E-state index is 0.128. The van der Waals surface area contributed by atoms with E-state index in [2.05, 4.69) is 26.1 Å². The minimum atomic E-state index is 0.128. The first-order chi connectivity index (χ1) is 8.19. The molecule has 0 amide bonds. The summed E-state index contributed by atoms with van der Waals surface area (Å²) in [5.74, 6) is 0.569. The van der Waals surface area contributed by atoms with E-state index in [1.165, 1.54) is 11.8 Å². The number of halogens is 1. The van der Waals surface area contributed by atoms with Crippen LogP contribution < -0.4 is 5.73 Å². The Balaban J connectivity index is 2.13. The van der Waals surface area contributed by atoms with Gasteiger partial charge in [0.1, 0.15) is 0 Å². The summed E-state index contributed by atoms with van der Waals surface area (Å²) in [6.07, 6.45) is 0. The highest BCUT2D eigenvalue weighted by molar-refractivity contribution is 9.10. The van der Waals surface area contributed by atoms with Gasteiger partial charge in [0.25, 0.3) is 5.22 Å². The maximum atomic E-state index is 5.78. The molecule has 0 radical (unpaired) electrons. The van der Waals surface area contributed by atoms with E-state index in [1.54, 1.807) is 6.92 Å². The van der Waals surface area contributed by atoms with E-state index >= 15 is 0 Å². The van der Waals surface area contributed by atoms with Crippen molar-refractivity contribution in [3.63, 3.8) is 0 Å². The van der Waals surface area contributed by atoms with E-state index in [9.17, 15) is 0 Å². The molecule has 1 aromatic heterocycles. The van der Waals surface area contributed by atoms with Gasteiger partial charge in [-0.3, -0.25) is 0 Å². The second-order valence-corrected chi connectivity index (χ2v) is 5.55. The van der Waals surface area contributed by atoms with Gasteiger partial charge in [-0.1, -0.05) is 39.8 Å². The number of hydrogen-bond donors (Lipinski definition) is 1. The quantitative estimate of drug-likeness (QED) is 0.879. The van der Waals surface area contributed by atoms with Crippen LogP contribution in [0.1, 0.15) is 16.7 Å². The van der Waals surface area contributed by atoms with Gasteiger partial charge in [-0.05, 0) is 17.7 Å². The molecule has 1 aromatic carbocycles. The van der Waals surface area contributed by atoms with Gasteiger partial charge in [-0.15, -0.1) is 10.2 Å². The molecule has 4 nitrogen and oxygen atoms in total. The molecule has 0 aliphatic rings. The van der Waals surface area contributed by atoms with Crippen LogP contribution >= 0.6 is 27.7 Å². The van der Waals surface area contributed by atoms with Crippen LogP contribution in [0.3, 0.4) is 0 Å². The van der Waals surface area contributed by atoms with Crippen molar-refractivity contribution < 1.29 is 4.42 Å². The molecule has 0 fully saturated rings. The topological polar surface area (TPSA) is 64.9 Å². The molecular formula is C11H12BrN3OS. The summed E-state index contributed by atoms with van der Waals surface area (Å²) in [7, 11) is 0. The number of thioether (sulfide) groups is 1. The highest BCUT2D eigenvalue weighted by Gasteiger charge is 2.15. The molecule has 90 valence electrons. The van der Waals surface area contributed by atoms with Gasteiger partial charge < -0.3 is 10.2 Å². The highest BCUT2D eigenvalue weighted by atomic mass is 79.9. The van der Waals surface area contributed by atoms with Crippen molar-refractivity contribution in [2.45, 2.75) is 17.4 Å². The molecule has 2 aromatic rings. The van der Waals surface area contributed by atoms with E-state index in [0.29, 0.717) is 17.7 Å². The largest absolute Gasteiger partial charge is 0.416 e. The third-order valence-corrected chi connectivity index (χ3v) is 3.85. The predicted molar refractivity (Wildman–Crippen MR) is 70.8 cm³/mol. The lowest BCUT2D eigenvalue weighted by atomic mass is 10.1. The molecule has 1 unspecified atom stereocenters. The lowest BCUT2D eigenvalue weighted by molar-refractivity contribution is 0.428. The van der Waals surface area contributed by atoms with E-state index in [-0.39, 0.29) is 5.25 Å². The van der Waals surface area contributed by atoms with Crippen molar-refractivity contribution in [3.05, 3.63) is 40.2 Å². The Morgan fingerprint density at radius 1 is 1.35 bits per heavy atom. The van der Waals surface area contributed by atoms with Gasteiger partial charge in [0.05, 0.1) is 5.25 Å². The van der Waals surface area contributed by atoms with Crippen LogP contribution in [-0.4, -0.2) is 16.7 Å². The van der Waals surface area contributed by atoms with Gasteiger partial charge in [-0.2, -0.15) is 0 Å². The molecule has 1 atom stereocenters. The lowest BCUT2D eigenvalue weighted by Gasteiger charge is -2.12. The van der Waals surface area contributed by atoms with E-state index < -0.39 is 0 Å². The Bertz CT molecular complexity index is 486. The molecule has 0 aliphatic heterocycles. The third-order valence-electron chi connectivity index (χ3n) is 2.21. The summed E-state index contributed by atoms with van der Waals surface area (Å²) >= 11 is 4.90. The zero-order chi connectivity index (χ0) is 12.3. The van der Waals surface area contributed by atoms with Crippen molar-refractivity contribution in [1.82, 2.24) is 10.2 Å². The van der Waals surface area contributed by atoms with E-state index in [4.69, 9.17) is 10.2 Å². The summed E-state index contributed by atoms with van der Waals surface area (Å²) in [5, 5.41) is 8.44. The first kappa shape index (κ1) is 12.6. The Morgan fingerprint density at radius 2 is 2.06 bits per heavy atom. The molecule has 0 spiro atoms. The van der Waals surface area contributed by atoms with Gasteiger partial charge in [-0.25, -0.2) is 0 Å². The van der Waals surface area contributed by atoms with Crippen LogP contribution in [0.25, 0.3) is 0 Å². The summed E-state index contributed by atoms with van der Waals surface area (Å²) < 4.78 is 6.39. The van der Waals surface area contributed by atoms with Gasteiger partial charge >= 0.3 is 0 Å². The van der Waals surface area contributed by atoms with E-state index in [0.717, 1.165) is 10.0 Å². The molecule has 1 heterocycles. The molecule has 2 N–H and O–H groups in total. The monoisotopic (exact) mass is 313 g/mol. The van der Waals surface area contributed by atoms with Crippen LogP contribution in [0.2, 0.25) is 0 Å². The summed E-state index contributed by atoms with van der Waals surface area (Å²) in [4.78, 5) is 0. The normalized spacial score (nSPS) is 12.6. The maximum absolute atomic E-state index is 5.78. The fraction of sp³-hybridized carbons (Fsp3) is 0.273. The molecule has 0 saturated heterocycles. The van der Waals surface area contributed by atoms with Gasteiger partial charge in [0.15, 0.2) is 0 Å². The number of nitrogens with zero attached hydrogens (tertiary/aromatic N) is 2. The van der Waals surface area contributed by atoms with Crippen molar-refractivity contribution >= 4 is 27.7 Å². The third kappa shape index (κ3) is 3.31. The standard InChI is InChI=1S/C11H12BrN3OS/c1-7-14-15-11(16-7)17-10(6-13)8-2-4-9(12)5-3-8/h2-5,10H,6,13H2,1H3. The van der Waals surface area contributed by atoms with Crippen molar-refractivity contribution in [2.75, 3.05) is 6.54 Å². The molecule has 2 rings (SSSR count). The Hall–Kier alpha value is -0.850. The van der Waals surface area contributed by atoms with Crippen LogP contribution in [-0.2, 0) is 0 Å². The molecule has 0 saturated carbocycles. The average Bonchev–Trinajstić information content (AvgIpc) is 2.73. The lowest BCUT2D eigenvalue weighted by Crippen LogP contribution is -2.09. The molecule has 0 aliphatic carbocycles. The number of hydrogen-bond acceptors (Lipinski definition) is 5. The summed E-state index contributed by atoms with van der Waals surface area (Å²) in [5.41, 5.74) is 6.92. The first-order valence-electron chi connectivity index (χ1n) is 5.11. The van der Waals surface area contributed by atoms with Crippen LogP contribution in [0.5, 0.6) is 0 Å². The van der Waals surface area contributed by atoms with Crippen molar-refractivity contribution in [1.29, 1.82) is 0 Å². The summed E-state index contributed by atoms with van der Waals surface area (Å²) in [6.45, 7) is 2.29. The Morgan fingerprint density at radius 3 is 2.59 bits per heavy atom. The second kappa shape index (κ2) is 5.66. The first-order valence-corrected chi connectivity index (χ1v) is 6.78. The number of rotatable bonds is 4. The highest BCUT2D eigenvalue weighted by Crippen LogP contribution is 2.33. The molecule has 0 bridgehead atoms. The zero-order valence-electron chi connectivity index (χ0n) is 9.26. The van der Waals surface area contributed by atoms with Crippen molar-refractivity contribution in [2.24, 2.45) is 5.73 Å². The molecular weight excluding hydrogens is 302 g/mol.